The zero-order valence-corrected chi connectivity index (χ0v) is 17.3. The molecule has 4 rings (SSSR count). The van der Waals surface area contributed by atoms with Gasteiger partial charge < -0.3 is 4.90 Å². The van der Waals surface area contributed by atoms with Crippen molar-refractivity contribution in [2.45, 2.75) is 38.8 Å². The number of benzene rings is 2. The van der Waals surface area contributed by atoms with E-state index in [1.54, 1.807) is 9.47 Å². The highest BCUT2D eigenvalue weighted by atomic mass is 19.2. The molecule has 0 saturated carbocycles. The third kappa shape index (κ3) is 4.28. The first-order valence-corrected chi connectivity index (χ1v) is 10.4. The van der Waals surface area contributed by atoms with E-state index in [2.05, 4.69) is 5.10 Å². The summed E-state index contributed by atoms with van der Waals surface area (Å²) in [7, 11) is 0. The van der Waals surface area contributed by atoms with Crippen LogP contribution in [0.5, 0.6) is 0 Å². The maximum Gasteiger partial charge on any atom is 0.346 e. The minimum absolute atomic E-state index is 0.0543. The van der Waals surface area contributed by atoms with Crippen LogP contribution in [0.2, 0.25) is 0 Å². The van der Waals surface area contributed by atoms with Gasteiger partial charge in [0.15, 0.2) is 11.6 Å². The van der Waals surface area contributed by atoms with E-state index in [1.165, 1.54) is 10.7 Å². The topological polar surface area (TPSA) is 60.1 Å². The molecule has 162 valence electrons. The molecule has 0 atom stereocenters. The number of halogens is 2. The second kappa shape index (κ2) is 8.83. The highest BCUT2D eigenvalue weighted by molar-refractivity contribution is 5.94. The highest BCUT2D eigenvalue weighted by Crippen LogP contribution is 2.27. The number of carbonyl (C=O) groups excluding carboxylic acids is 1. The fourth-order valence-electron chi connectivity index (χ4n) is 4.07. The van der Waals surface area contributed by atoms with E-state index in [0.29, 0.717) is 39.0 Å². The number of likely N-dealkylation sites (tertiary alicyclic amines) is 1. The molecule has 0 unspecified atom stereocenters. The van der Waals surface area contributed by atoms with Crippen LogP contribution in [0.4, 0.5) is 8.78 Å². The van der Waals surface area contributed by atoms with E-state index in [-0.39, 0.29) is 23.1 Å². The zero-order valence-electron chi connectivity index (χ0n) is 17.3. The van der Waals surface area contributed by atoms with Gasteiger partial charge in [-0.25, -0.2) is 18.3 Å². The summed E-state index contributed by atoms with van der Waals surface area (Å²) in [6, 6.07) is 12.9. The van der Waals surface area contributed by atoms with Crippen molar-refractivity contribution >= 4 is 5.91 Å². The molecule has 1 aromatic heterocycles. The summed E-state index contributed by atoms with van der Waals surface area (Å²) in [5.74, 6) is -1.53. The largest absolute Gasteiger partial charge is 0.346 e. The van der Waals surface area contributed by atoms with Crippen molar-refractivity contribution in [3.05, 3.63) is 87.6 Å². The van der Waals surface area contributed by atoms with Crippen LogP contribution < -0.4 is 5.69 Å². The molecule has 1 fully saturated rings. The molecule has 0 aliphatic carbocycles. The van der Waals surface area contributed by atoms with Gasteiger partial charge in [0.1, 0.15) is 5.82 Å². The minimum atomic E-state index is -1.03. The van der Waals surface area contributed by atoms with Crippen molar-refractivity contribution in [1.29, 1.82) is 0 Å². The predicted molar refractivity (Wildman–Crippen MR) is 112 cm³/mol. The second-order valence-corrected chi connectivity index (χ2v) is 7.72. The highest BCUT2D eigenvalue weighted by Gasteiger charge is 2.29. The Bertz CT molecular complexity index is 1130. The van der Waals surface area contributed by atoms with Crippen LogP contribution in [0, 0.1) is 11.6 Å². The molecule has 0 N–H and O–H groups in total. The molecule has 1 saturated heterocycles. The quantitative estimate of drug-likeness (QED) is 0.628. The summed E-state index contributed by atoms with van der Waals surface area (Å²) < 4.78 is 29.8. The van der Waals surface area contributed by atoms with Crippen LogP contribution in [0.3, 0.4) is 0 Å². The summed E-state index contributed by atoms with van der Waals surface area (Å²) in [5.41, 5.74) is 1.00. The maximum atomic E-state index is 13.5. The average molecular weight is 426 g/mol. The third-order valence-electron chi connectivity index (χ3n) is 5.76. The van der Waals surface area contributed by atoms with Crippen molar-refractivity contribution in [3.8, 4) is 0 Å². The van der Waals surface area contributed by atoms with E-state index in [4.69, 9.17) is 0 Å². The Hall–Kier alpha value is -3.29. The molecule has 0 radical (unpaired) electrons. The standard InChI is InChI=1S/C23H24F2N4O2/c1-2-28-21(26-29(23(28)31)15-16-6-4-3-5-7-16)17-10-12-27(13-11-17)22(30)18-8-9-19(24)20(25)14-18/h3-9,14,17H,2,10-13,15H2,1H3. The van der Waals surface area contributed by atoms with Crippen molar-refractivity contribution < 1.29 is 13.6 Å². The lowest BCUT2D eigenvalue weighted by Crippen LogP contribution is -2.38. The molecule has 2 aromatic carbocycles. The molecular weight excluding hydrogens is 402 g/mol. The molecule has 1 aliphatic rings. The molecule has 6 nitrogen and oxygen atoms in total. The van der Waals surface area contributed by atoms with E-state index in [1.807, 2.05) is 37.3 Å². The lowest BCUT2D eigenvalue weighted by atomic mass is 9.95. The summed E-state index contributed by atoms with van der Waals surface area (Å²) in [6.07, 6.45) is 1.30. The van der Waals surface area contributed by atoms with Gasteiger partial charge in [-0.15, -0.1) is 0 Å². The van der Waals surface area contributed by atoms with Crippen molar-refractivity contribution in [1.82, 2.24) is 19.2 Å². The number of nitrogens with zero attached hydrogens (tertiary/aromatic N) is 4. The van der Waals surface area contributed by atoms with Gasteiger partial charge in [0.25, 0.3) is 5.91 Å². The number of amides is 1. The summed E-state index contributed by atoms with van der Waals surface area (Å²) >= 11 is 0. The SMILES string of the molecule is CCn1c(C2CCN(C(=O)c3ccc(F)c(F)c3)CC2)nn(Cc2ccccc2)c1=O. The van der Waals surface area contributed by atoms with Crippen LogP contribution in [0.1, 0.15) is 47.4 Å². The van der Waals surface area contributed by atoms with Gasteiger partial charge in [-0.3, -0.25) is 9.36 Å². The first-order valence-electron chi connectivity index (χ1n) is 10.4. The van der Waals surface area contributed by atoms with Gasteiger partial charge in [-0.2, -0.15) is 5.10 Å². The summed E-state index contributed by atoms with van der Waals surface area (Å²) in [6.45, 7) is 3.78. The normalized spacial score (nSPS) is 14.7. The molecule has 8 heteroatoms. The lowest BCUT2D eigenvalue weighted by molar-refractivity contribution is 0.0709. The molecular formula is C23H24F2N4O2. The van der Waals surface area contributed by atoms with Gasteiger partial charge in [0, 0.05) is 31.1 Å². The molecule has 31 heavy (non-hydrogen) atoms. The van der Waals surface area contributed by atoms with Crippen LogP contribution in [-0.4, -0.2) is 38.2 Å². The Morgan fingerprint density at radius 2 is 1.77 bits per heavy atom. The van der Waals surface area contributed by atoms with Crippen LogP contribution in [0.15, 0.2) is 53.3 Å². The Labute approximate surface area is 178 Å². The third-order valence-corrected chi connectivity index (χ3v) is 5.76. The lowest BCUT2D eigenvalue weighted by Gasteiger charge is -2.31. The average Bonchev–Trinajstić information content (AvgIpc) is 3.11. The Morgan fingerprint density at radius 1 is 1.06 bits per heavy atom. The zero-order chi connectivity index (χ0) is 22.0. The van der Waals surface area contributed by atoms with E-state index < -0.39 is 11.6 Å². The fraction of sp³-hybridized carbons (Fsp3) is 0.348. The number of rotatable bonds is 5. The first-order chi connectivity index (χ1) is 15.0. The van der Waals surface area contributed by atoms with Gasteiger partial charge in [0.05, 0.1) is 6.54 Å². The number of carbonyl (C=O) groups is 1. The van der Waals surface area contributed by atoms with Gasteiger partial charge in [-0.05, 0) is 43.5 Å². The molecule has 0 bridgehead atoms. The molecule has 0 spiro atoms. The van der Waals surface area contributed by atoms with Crippen LogP contribution >= 0.6 is 0 Å². The van der Waals surface area contributed by atoms with E-state index in [9.17, 15) is 18.4 Å². The van der Waals surface area contributed by atoms with Crippen molar-refractivity contribution in [3.63, 3.8) is 0 Å². The molecule has 1 aliphatic heterocycles. The Morgan fingerprint density at radius 3 is 2.42 bits per heavy atom. The Balaban J connectivity index is 1.48. The second-order valence-electron chi connectivity index (χ2n) is 7.72. The monoisotopic (exact) mass is 426 g/mol. The summed E-state index contributed by atoms with van der Waals surface area (Å²) in [4.78, 5) is 27.1. The van der Waals surface area contributed by atoms with E-state index >= 15 is 0 Å². The number of hydrogen-bond acceptors (Lipinski definition) is 3. The minimum Gasteiger partial charge on any atom is -0.339 e. The summed E-state index contributed by atoms with van der Waals surface area (Å²) in [5, 5.41) is 4.62. The number of hydrogen-bond donors (Lipinski definition) is 0. The van der Waals surface area contributed by atoms with Crippen LogP contribution in [0.25, 0.3) is 0 Å². The molecule has 3 aromatic rings. The van der Waals surface area contributed by atoms with Gasteiger partial charge in [0.2, 0.25) is 0 Å². The molecule has 2 heterocycles. The Kier molecular flexibility index (Phi) is 5.97. The smallest absolute Gasteiger partial charge is 0.339 e. The van der Waals surface area contributed by atoms with Crippen molar-refractivity contribution in [2.24, 2.45) is 0 Å². The number of piperidine rings is 1. The van der Waals surface area contributed by atoms with Crippen molar-refractivity contribution in [2.75, 3.05) is 13.1 Å². The predicted octanol–water partition coefficient (Wildman–Crippen LogP) is 3.41. The first kappa shape index (κ1) is 21.0. The van der Waals surface area contributed by atoms with Gasteiger partial charge >= 0.3 is 5.69 Å². The molecule has 1 amide bonds. The van der Waals surface area contributed by atoms with E-state index in [0.717, 1.165) is 23.5 Å². The maximum absolute atomic E-state index is 13.5. The number of aromatic nitrogens is 3. The fourth-order valence-corrected chi connectivity index (χ4v) is 4.07. The van der Waals surface area contributed by atoms with Gasteiger partial charge in [-0.1, -0.05) is 30.3 Å². The van der Waals surface area contributed by atoms with Crippen LogP contribution in [-0.2, 0) is 13.1 Å².